The average Bonchev–Trinajstić information content (AvgIpc) is 2.92. The summed E-state index contributed by atoms with van der Waals surface area (Å²) in [5, 5.41) is 3.06. The van der Waals surface area contributed by atoms with Gasteiger partial charge in [0.05, 0.1) is 22.7 Å². The van der Waals surface area contributed by atoms with Gasteiger partial charge in [0.15, 0.2) is 0 Å². The summed E-state index contributed by atoms with van der Waals surface area (Å²) in [5.74, 6) is -0.271. The first-order chi connectivity index (χ1) is 19.0. The molecule has 40 heavy (non-hydrogen) atoms. The van der Waals surface area contributed by atoms with E-state index < -0.39 is 28.5 Å². The molecule has 0 radical (unpaired) electrons. The quantitative estimate of drug-likeness (QED) is 0.316. The van der Waals surface area contributed by atoms with Crippen molar-refractivity contribution in [3.63, 3.8) is 0 Å². The van der Waals surface area contributed by atoms with E-state index in [1.807, 2.05) is 33.8 Å². The molecule has 3 aromatic rings. The fourth-order valence-corrected chi connectivity index (χ4v) is 5.99. The zero-order valence-electron chi connectivity index (χ0n) is 23.4. The largest absolute Gasteiger partial charge is 0.497 e. The molecule has 1 N–H and O–H groups in total. The van der Waals surface area contributed by atoms with Crippen LogP contribution in [0.2, 0.25) is 5.02 Å². The Morgan fingerprint density at radius 2 is 1.68 bits per heavy atom. The van der Waals surface area contributed by atoms with Gasteiger partial charge in [-0.2, -0.15) is 0 Å². The molecular weight excluding hydrogens is 550 g/mol. The topological polar surface area (TPSA) is 96.0 Å². The van der Waals surface area contributed by atoms with Crippen molar-refractivity contribution in [1.29, 1.82) is 0 Å². The molecule has 0 saturated heterocycles. The average molecular weight is 586 g/mol. The van der Waals surface area contributed by atoms with Crippen LogP contribution in [-0.4, -0.2) is 50.9 Å². The summed E-state index contributed by atoms with van der Waals surface area (Å²) in [5.41, 5.74) is 1.79. The first-order valence-electron chi connectivity index (χ1n) is 13.0. The van der Waals surface area contributed by atoms with E-state index >= 15 is 0 Å². The molecule has 0 aliphatic rings. The maximum atomic E-state index is 14.1. The minimum atomic E-state index is -4.20. The predicted octanol–water partition coefficient (Wildman–Crippen LogP) is 5.18. The van der Waals surface area contributed by atoms with Crippen LogP contribution in [0.25, 0.3) is 0 Å². The fourth-order valence-electron chi connectivity index (χ4n) is 4.27. The van der Waals surface area contributed by atoms with Crippen molar-refractivity contribution in [3.8, 4) is 5.75 Å². The van der Waals surface area contributed by atoms with Gasteiger partial charge in [-0.1, -0.05) is 60.5 Å². The molecule has 0 aliphatic carbocycles. The molecule has 10 heteroatoms. The van der Waals surface area contributed by atoms with Crippen LogP contribution in [0.5, 0.6) is 5.75 Å². The molecule has 214 valence electrons. The van der Waals surface area contributed by atoms with Gasteiger partial charge in [-0.25, -0.2) is 8.42 Å². The van der Waals surface area contributed by atoms with Gasteiger partial charge in [0.1, 0.15) is 18.3 Å². The monoisotopic (exact) mass is 585 g/mol. The molecular formula is C30H36ClN3O5S. The SMILES string of the molecule is CC[C@@H](C(=O)NC(C)C)N(Cc1cccc(OC)c1)C(=O)CN(c1ccccc1Cl)S(=O)(=O)c1ccc(C)cc1. The first kappa shape index (κ1) is 31.0. The number of carbonyl (C=O) groups is 2. The Hall–Kier alpha value is -3.56. The second-order valence-electron chi connectivity index (χ2n) is 9.74. The maximum absolute atomic E-state index is 14.1. The van der Waals surface area contributed by atoms with Crippen LogP contribution in [-0.2, 0) is 26.2 Å². The van der Waals surface area contributed by atoms with Gasteiger partial charge in [-0.05, 0) is 69.2 Å². The van der Waals surface area contributed by atoms with Crippen molar-refractivity contribution in [2.45, 2.75) is 57.6 Å². The summed E-state index contributed by atoms with van der Waals surface area (Å²) in [6.45, 7) is 6.86. The molecule has 3 rings (SSSR count). The van der Waals surface area contributed by atoms with Gasteiger partial charge in [-0.15, -0.1) is 0 Å². The van der Waals surface area contributed by atoms with Gasteiger partial charge in [0, 0.05) is 12.6 Å². The summed E-state index contributed by atoms with van der Waals surface area (Å²) < 4.78 is 34.2. The molecule has 0 bridgehead atoms. The minimum absolute atomic E-state index is 0.0229. The molecule has 0 unspecified atom stereocenters. The lowest BCUT2D eigenvalue weighted by atomic mass is 10.1. The van der Waals surface area contributed by atoms with E-state index in [0.717, 1.165) is 15.4 Å². The van der Waals surface area contributed by atoms with E-state index in [1.165, 1.54) is 17.0 Å². The van der Waals surface area contributed by atoms with Crippen LogP contribution < -0.4 is 14.4 Å². The van der Waals surface area contributed by atoms with Gasteiger partial charge in [-0.3, -0.25) is 13.9 Å². The number of amides is 2. The highest BCUT2D eigenvalue weighted by atomic mass is 35.5. The number of anilines is 1. The summed E-state index contributed by atoms with van der Waals surface area (Å²) in [4.78, 5) is 28.7. The van der Waals surface area contributed by atoms with Crippen molar-refractivity contribution < 1.29 is 22.7 Å². The Balaban J connectivity index is 2.08. The maximum Gasteiger partial charge on any atom is 0.264 e. The number of methoxy groups -OCH3 is 1. The van der Waals surface area contributed by atoms with Crippen LogP contribution in [0.15, 0.2) is 77.7 Å². The molecule has 0 aromatic heterocycles. The molecule has 0 aliphatic heterocycles. The molecule has 3 aromatic carbocycles. The van der Waals surface area contributed by atoms with Crippen molar-refractivity contribution in [2.24, 2.45) is 0 Å². The molecule has 0 saturated carbocycles. The summed E-state index contributed by atoms with van der Waals surface area (Å²) in [6, 6.07) is 19.0. The van der Waals surface area contributed by atoms with Gasteiger partial charge in [0.2, 0.25) is 11.8 Å². The van der Waals surface area contributed by atoms with Crippen LogP contribution >= 0.6 is 11.6 Å². The van der Waals surface area contributed by atoms with Crippen molar-refractivity contribution in [1.82, 2.24) is 10.2 Å². The van der Waals surface area contributed by atoms with Crippen molar-refractivity contribution in [2.75, 3.05) is 18.0 Å². The smallest absolute Gasteiger partial charge is 0.264 e. The van der Waals surface area contributed by atoms with Crippen molar-refractivity contribution in [3.05, 3.63) is 88.9 Å². The number of carbonyl (C=O) groups excluding carboxylic acids is 2. The Bertz CT molecular complexity index is 1430. The molecule has 8 nitrogen and oxygen atoms in total. The highest BCUT2D eigenvalue weighted by Crippen LogP contribution is 2.31. The Labute approximate surface area is 241 Å². The number of hydrogen-bond acceptors (Lipinski definition) is 5. The molecule has 0 heterocycles. The lowest BCUT2D eigenvalue weighted by Crippen LogP contribution is -2.53. The number of rotatable bonds is 12. The van der Waals surface area contributed by atoms with Gasteiger partial charge >= 0.3 is 0 Å². The standard InChI is InChI=1S/C30H36ClN3O5S/c1-6-27(30(36)32-21(2)3)33(19-23-10-9-11-24(18-23)39-5)29(35)20-34(28-13-8-7-12-26(28)31)40(37,38)25-16-14-22(4)15-17-25/h7-18,21,27H,6,19-20H2,1-5H3,(H,32,36)/t27-/m0/s1. The molecule has 2 amide bonds. The number of aryl methyl sites for hydroxylation is 1. The number of sulfonamides is 1. The van der Waals surface area contributed by atoms with E-state index in [1.54, 1.807) is 61.7 Å². The van der Waals surface area contributed by atoms with E-state index in [9.17, 15) is 18.0 Å². The zero-order valence-corrected chi connectivity index (χ0v) is 25.0. The van der Waals surface area contributed by atoms with E-state index in [-0.39, 0.29) is 34.1 Å². The molecule has 1 atom stereocenters. The summed E-state index contributed by atoms with van der Waals surface area (Å²) in [6.07, 6.45) is 0.324. The second kappa shape index (κ2) is 13.7. The lowest BCUT2D eigenvalue weighted by Gasteiger charge is -2.33. The van der Waals surface area contributed by atoms with Crippen LogP contribution in [0.3, 0.4) is 0 Å². The number of nitrogens with zero attached hydrogens (tertiary/aromatic N) is 2. The second-order valence-corrected chi connectivity index (χ2v) is 12.0. The number of nitrogens with one attached hydrogen (secondary N) is 1. The van der Waals surface area contributed by atoms with Crippen molar-refractivity contribution >= 4 is 39.1 Å². The highest BCUT2D eigenvalue weighted by molar-refractivity contribution is 7.92. The zero-order chi connectivity index (χ0) is 29.4. The third kappa shape index (κ3) is 7.55. The van der Waals surface area contributed by atoms with Gasteiger partial charge in [0.25, 0.3) is 10.0 Å². The van der Waals surface area contributed by atoms with Crippen LogP contribution in [0.4, 0.5) is 5.69 Å². The number of hydrogen-bond donors (Lipinski definition) is 1. The number of para-hydroxylation sites is 1. The number of ether oxygens (including phenoxy) is 1. The lowest BCUT2D eigenvalue weighted by molar-refractivity contribution is -0.140. The minimum Gasteiger partial charge on any atom is -0.497 e. The molecule has 0 fully saturated rings. The third-order valence-corrected chi connectivity index (χ3v) is 8.41. The Kier molecular flexibility index (Phi) is 10.6. The molecule has 0 spiro atoms. The fraction of sp³-hybridized carbons (Fsp3) is 0.333. The predicted molar refractivity (Wildman–Crippen MR) is 158 cm³/mol. The third-order valence-electron chi connectivity index (χ3n) is 6.31. The van der Waals surface area contributed by atoms with E-state index in [0.29, 0.717) is 12.2 Å². The van der Waals surface area contributed by atoms with E-state index in [2.05, 4.69) is 5.32 Å². The van der Waals surface area contributed by atoms with Crippen LogP contribution in [0.1, 0.15) is 38.3 Å². The van der Waals surface area contributed by atoms with Gasteiger partial charge < -0.3 is 15.0 Å². The number of halogens is 1. The number of benzene rings is 3. The normalized spacial score (nSPS) is 12.1. The summed E-state index contributed by atoms with van der Waals surface area (Å²) in [7, 11) is -2.65. The Morgan fingerprint density at radius 1 is 1.00 bits per heavy atom. The highest BCUT2D eigenvalue weighted by Gasteiger charge is 2.34. The summed E-state index contributed by atoms with van der Waals surface area (Å²) >= 11 is 6.45. The first-order valence-corrected chi connectivity index (χ1v) is 14.9. The van der Waals surface area contributed by atoms with E-state index in [4.69, 9.17) is 16.3 Å². The Morgan fingerprint density at radius 3 is 2.27 bits per heavy atom. The van der Waals surface area contributed by atoms with Crippen LogP contribution in [0, 0.1) is 6.92 Å².